The minimum atomic E-state index is -0.114. The summed E-state index contributed by atoms with van der Waals surface area (Å²) in [6, 6.07) is 13.5. The van der Waals surface area contributed by atoms with Gasteiger partial charge in [-0.3, -0.25) is 9.48 Å². The van der Waals surface area contributed by atoms with Crippen LogP contribution in [-0.2, 0) is 7.05 Å². The van der Waals surface area contributed by atoms with Gasteiger partial charge in [0.1, 0.15) is 0 Å². The molecular formula is C23H22N4O2S. The lowest BCUT2D eigenvalue weighted by Crippen LogP contribution is -2.40. The lowest BCUT2D eigenvalue weighted by atomic mass is 9.88. The van der Waals surface area contributed by atoms with Crippen LogP contribution in [0.4, 0.5) is 0 Å². The van der Waals surface area contributed by atoms with E-state index in [0.29, 0.717) is 18.0 Å². The number of carbonyl (C=O) groups is 1. The van der Waals surface area contributed by atoms with Gasteiger partial charge in [0.25, 0.3) is 5.91 Å². The highest BCUT2D eigenvalue weighted by Gasteiger charge is 2.37. The van der Waals surface area contributed by atoms with Gasteiger partial charge < -0.3 is 9.42 Å². The van der Waals surface area contributed by atoms with Gasteiger partial charge in [0.05, 0.1) is 12.2 Å². The maximum absolute atomic E-state index is 13.4. The number of carbonyl (C=O) groups excluding carboxylic acids is 1. The molecular weight excluding hydrogens is 396 g/mol. The lowest BCUT2D eigenvalue weighted by Gasteiger charge is -2.37. The first-order valence-electron chi connectivity index (χ1n) is 9.93. The molecule has 3 aromatic heterocycles. The summed E-state index contributed by atoms with van der Waals surface area (Å²) in [5, 5.41) is 10.6. The first-order valence-corrected chi connectivity index (χ1v) is 10.8. The third kappa shape index (κ3) is 2.97. The quantitative estimate of drug-likeness (QED) is 0.480. The Morgan fingerprint density at radius 1 is 1.20 bits per heavy atom. The van der Waals surface area contributed by atoms with E-state index < -0.39 is 0 Å². The Balaban J connectivity index is 1.49. The second kappa shape index (κ2) is 7.25. The van der Waals surface area contributed by atoms with Crippen molar-refractivity contribution >= 4 is 17.2 Å². The zero-order valence-corrected chi connectivity index (χ0v) is 17.9. The van der Waals surface area contributed by atoms with Crippen LogP contribution in [-0.4, -0.2) is 32.3 Å². The monoisotopic (exact) mass is 418 g/mol. The van der Waals surface area contributed by atoms with Crippen LogP contribution in [0.2, 0.25) is 0 Å². The number of aryl methyl sites for hydroxylation is 1. The number of nitrogens with zero attached hydrogens (tertiary/aromatic N) is 4. The predicted molar refractivity (Wildman–Crippen MR) is 115 cm³/mol. The molecule has 0 fully saturated rings. The molecule has 1 aromatic carbocycles. The molecule has 0 saturated heterocycles. The molecule has 1 amide bonds. The van der Waals surface area contributed by atoms with E-state index in [1.807, 2.05) is 53.2 Å². The first kappa shape index (κ1) is 18.8. The minimum Gasteiger partial charge on any atom is -0.355 e. The van der Waals surface area contributed by atoms with E-state index in [1.54, 1.807) is 17.4 Å². The summed E-state index contributed by atoms with van der Waals surface area (Å²) in [4.78, 5) is 16.7. The van der Waals surface area contributed by atoms with Crippen LogP contribution < -0.4 is 0 Å². The molecule has 1 aliphatic heterocycles. The van der Waals surface area contributed by atoms with Crippen molar-refractivity contribution in [1.82, 2.24) is 19.8 Å². The summed E-state index contributed by atoms with van der Waals surface area (Å²) in [5.41, 5.74) is 4.71. The summed E-state index contributed by atoms with van der Waals surface area (Å²) >= 11 is 1.75. The van der Waals surface area contributed by atoms with Crippen LogP contribution in [0.15, 0.2) is 58.6 Å². The largest absolute Gasteiger partial charge is 0.355 e. The number of fused-ring (bicyclic) bond motifs is 1. The molecule has 1 aliphatic rings. The molecule has 7 heteroatoms. The molecule has 30 heavy (non-hydrogen) atoms. The Morgan fingerprint density at radius 2 is 2.00 bits per heavy atom. The smallest absolute Gasteiger partial charge is 0.276 e. The van der Waals surface area contributed by atoms with Crippen LogP contribution in [0.3, 0.4) is 0 Å². The van der Waals surface area contributed by atoms with Gasteiger partial charge >= 0.3 is 0 Å². The summed E-state index contributed by atoms with van der Waals surface area (Å²) in [7, 11) is 1.95. The molecule has 4 heterocycles. The van der Waals surface area contributed by atoms with Gasteiger partial charge in [0.15, 0.2) is 11.5 Å². The molecule has 6 nitrogen and oxygen atoms in total. The van der Waals surface area contributed by atoms with E-state index in [-0.39, 0.29) is 17.9 Å². The Hall–Kier alpha value is -3.19. The highest BCUT2D eigenvalue weighted by atomic mass is 32.1. The second-order valence-electron chi connectivity index (χ2n) is 7.68. The van der Waals surface area contributed by atoms with E-state index in [0.717, 1.165) is 16.8 Å². The topological polar surface area (TPSA) is 64.2 Å². The first-order chi connectivity index (χ1) is 14.5. The number of benzene rings is 1. The molecule has 0 N–H and O–H groups in total. The van der Waals surface area contributed by atoms with E-state index in [4.69, 9.17) is 4.52 Å². The van der Waals surface area contributed by atoms with Gasteiger partial charge in [-0.25, -0.2) is 0 Å². The highest BCUT2D eigenvalue weighted by molar-refractivity contribution is 7.10. The molecule has 4 aromatic rings. The lowest BCUT2D eigenvalue weighted by molar-refractivity contribution is 0.0656. The Kier molecular flexibility index (Phi) is 4.55. The van der Waals surface area contributed by atoms with E-state index in [1.165, 1.54) is 10.4 Å². The predicted octanol–water partition coefficient (Wildman–Crippen LogP) is 4.79. The van der Waals surface area contributed by atoms with Crippen LogP contribution >= 0.6 is 11.3 Å². The number of hydrogen-bond donors (Lipinski definition) is 0. The summed E-state index contributed by atoms with van der Waals surface area (Å²) in [6.45, 7) is 4.74. The molecule has 152 valence electrons. The van der Waals surface area contributed by atoms with Gasteiger partial charge in [0, 0.05) is 47.3 Å². The van der Waals surface area contributed by atoms with E-state index in [9.17, 15) is 4.79 Å². The standard InChI is InChI=1S/C23H22N4O2S/c1-14-18(12-24-26(14)3)19-13-27(15(2)17-9-10-30-22(17)19)23(28)20-11-21(29-25-20)16-7-5-4-6-8-16/h4-12,15,19H,13H2,1-3H3. The van der Waals surface area contributed by atoms with Crippen LogP contribution in [0.5, 0.6) is 0 Å². The van der Waals surface area contributed by atoms with Gasteiger partial charge in [-0.15, -0.1) is 11.3 Å². The fourth-order valence-electron chi connectivity index (χ4n) is 4.18. The van der Waals surface area contributed by atoms with Gasteiger partial charge in [-0.1, -0.05) is 35.5 Å². The fourth-order valence-corrected chi connectivity index (χ4v) is 5.28. The van der Waals surface area contributed by atoms with Crippen molar-refractivity contribution in [2.45, 2.75) is 25.8 Å². The van der Waals surface area contributed by atoms with Gasteiger partial charge in [-0.2, -0.15) is 5.10 Å². The van der Waals surface area contributed by atoms with Crippen molar-refractivity contribution in [2.24, 2.45) is 7.05 Å². The van der Waals surface area contributed by atoms with Crippen LogP contribution in [0, 0.1) is 6.92 Å². The normalized spacial score (nSPS) is 18.4. The zero-order valence-electron chi connectivity index (χ0n) is 17.1. The number of thiophene rings is 1. The number of amides is 1. The molecule has 0 bridgehead atoms. The third-order valence-electron chi connectivity index (χ3n) is 6.04. The maximum atomic E-state index is 13.4. The average molecular weight is 419 g/mol. The van der Waals surface area contributed by atoms with E-state index in [2.05, 4.69) is 35.5 Å². The van der Waals surface area contributed by atoms with Crippen molar-refractivity contribution < 1.29 is 9.32 Å². The SMILES string of the molecule is Cc1c(C2CN(C(=O)c3cc(-c4ccccc4)on3)C(C)c3ccsc32)cnn1C. The molecule has 0 aliphatic carbocycles. The summed E-state index contributed by atoms with van der Waals surface area (Å²) in [5.74, 6) is 0.589. The van der Waals surface area contributed by atoms with Crippen molar-refractivity contribution in [3.8, 4) is 11.3 Å². The van der Waals surface area contributed by atoms with Gasteiger partial charge in [-0.05, 0) is 30.9 Å². The summed E-state index contributed by atoms with van der Waals surface area (Å²) < 4.78 is 7.36. The second-order valence-corrected chi connectivity index (χ2v) is 8.63. The highest BCUT2D eigenvalue weighted by Crippen LogP contribution is 2.43. The Morgan fingerprint density at radius 3 is 2.73 bits per heavy atom. The Labute approximate surface area is 178 Å². The number of aromatic nitrogens is 3. The molecule has 2 atom stereocenters. The van der Waals surface area contributed by atoms with E-state index >= 15 is 0 Å². The minimum absolute atomic E-state index is 0.0242. The van der Waals surface area contributed by atoms with Crippen LogP contribution in [0.1, 0.15) is 51.1 Å². The zero-order chi connectivity index (χ0) is 20.8. The molecule has 0 spiro atoms. The van der Waals surface area contributed by atoms with Crippen LogP contribution in [0.25, 0.3) is 11.3 Å². The molecule has 0 saturated carbocycles. The number of hydrogen-bond acceptors (Lipinski definition) is 5. The van der Waals surface area contributed by atoms with Crippen molar-refractivity contribution in [3.05, 3.63) is 81.4 Å². The van der Waals surface area contributed by atoms with Crippen molar-refractivity contribution in [1.29, 1.82) is 0 Å². The molecule has 5 rings (SSSR count). The number of rotatable bonds is 3. The third-order valence-corrected chi connectivity index (χ3v) is 7.08. The average Bonchev–Trinajstić information content (AvgIpc) is 3.51. The summed E-state index contributed by atoms with van der Waals surface area (Å²) in [6.07, 6.45) is 1.92. The Bertz CT molecular complexity index is 1210. The van der Waals surface area contributed by atoms with Crippen molar-refractivity contribution in [3.63, 3.8) is 0 Å². The fraction of sp³-hybridized carbons (Fsp3) is 0.261. The maximum Gasteiger partial charge on any atom is 0.276 e. The van der Waals surface area contributed by atoms with Crippen molar-refractivity contribution in [2.75, 3.05) is 6.54 Å². The van der Waals surface area contributed by atoms with Gasteiger partial charge in [0.2, 0.25) is 0 Å². The molecule has 0 radical (unpaired) electrons. The molecule has 2 unspecified atom stereocenters.